The van der Waals surface area contributed by atoms with Gasteiger partial charge in [0.05, 0.1) is 4.92 Å². The lowest BCUT2D eigenvalue weighted by molar-refractivity contribution is -0.384. The Balaban J connectivity index is 2.80. The van der Waals surface area contributed by atoms with Crippen molar-refractivity contribution in [3.05, 3.63) is 34.4 Å². The zero-order chi connectivity index (χ0) is 16.5. The molecule has 4 nitrogen and oxygen atoms in total. The van der Waals surface area contributed by atoms with Crippen molar-refractivity contribution in [2.45, 2.75) is 18.0 Å². The second kappa shape index (κ2) is 5.37. The second-order valence-electron chi connectivity index (χ2n) is 3.82. The number of hydrogen-bond acceptors (Lipinski definition) is 3. The lowest BCUT2D eigenvalue weighted by Gasteiger charge is -2.27. The van der Waals surface area contributed by atoms with Crippen LogP contribution in [0.3, 0.4) is 0 Å². The van der Waals surface area contributed by atoms with Gasteiger partial charge in [-0.1, -0.05) is 0 Å². The third-order valence-electron chi connectivity index (χ3n) is 2.28. The molecule has 0 atom stereocenters. The summed E-state index contributed by atoms with van der Waals surface area (Å²) in [4.78, 5) is 9.47. The smallest absolute Gasteiger partial charge is 0.460 e. The first-order valence-corrected chi connectivity index (χ1v) is 5.08. The van der Waals surface area contributed by atoms with Crippen molar-refractivity contribution in [1.29, 1.82) is 0 Å². The SMILES string of the molecule is O=[N+]([O-])c1ccc(OCC(F)(F)C(F)(F)C(F)(F)F)cc1. The number of benzene rings is 1. The van der Waals surface area contributed by atoms with Crippen molar-refractivity contribution < 1.29 is 40.4 Å². The summed E-state index contributed by atoms with van der Waals surface area (Å²) in [5, 5.41) is 10.3. The molecule has 0 unspecified atom stereocenters. The van der Waals surface area contributed by atoms with E-state index in [9.17, 15) is 40.8 Å². The molecule has 1 aromatic rings. The van der Waals surface area contributed by atoms with Gasteiger partial charge in [-0.05, 0) is 12.1 Å². The number of rotatable bonds is 5. The van der Waals surface area contributed by atoms with Gasteiger partial charge in [0.1, 0.15) is 5.75 Å². The molecule has 11 heteroatoms. The fraction of sp³-hybridized carbons (Fsp3) is 0.400. The van der Waals surface area contributed by atoms with Crippen LogP contribution in [0.2, 0.25) is 0 Å². The second-order valence-corrected chi connectivity index (χ2v) is 3.82. The van der Waals surface area contributed by atoms with Gasteiger partial charge in [0.2, 0.25) is 0 Å². The molecule has 0 spiro atoms. The molecule has 0 radical (unpaired) electrons. The van der Waals surface area contributed by atoms with Crippen LogP contribution in [-0.2, 0) is 0 Å². The number of nitro groups is 1. The number of halogens is 7. The van der Waals surface area contributed by atoms with Gasteiger partial charge in [-0.15, -0.1) is 0 Å². The summed E-state index contributed by atoms with van der Waals surface area (Å²) in [6.45, 7) is -2.24. The van der Waals surface area contributed by atoms with Crippen molar-refractivity contribution in [2.75, 3.05) is 6.61 Å². The van der Waals surface area contributed by atoms with Crippen molar-refractivity contribution in [3.8, 4) is 5.75 Å². The molecule has 0 amide bonds. The Bertz CT molecular complexity index is 512. The molecule has 1 aromatic carbocycles. The van der Waals surface area contributed by atoms with Gasteiger partial charge in [0.25, 0.3) is 5.69 Å². The summed E-state index contributed by atoms with van der Waals surface area (Å²) in [5.74, 6) is -12.3. The minimum absolute atomic E-state index is 0.435. The summed E-state index contributed by atoms with van der Waals surface area (Å²) in [7, 11) is 0. The molecule has 0 aliphatic rings. The molecule has 0 heterocycles. The zero-order valence-electron chi connectivity index (χ0n) is 9.83. The van der Waals surface area contributed by atoms with Gasteiger partial charge in [0.15, 0.2) is 6.61 Å². The third-order valence-corrected chi connectivity index (χ3v) is 2.28. The Hall–Kier alpha value is -2.07. The number of nitrogens with zero attached hydrogens (tertiary/aromatic N) is 1. The fourth-order valence-electron chi connectivity index (χ4n) is 1.14. The Labute approximate surface area is 112 Å². The summed E-state index contributed by atoms with van der Waals surface area (Å²) in [6, 6.07) is 3.21. The largest absolute Gasteiger partial charge is 0.487 e. The topological polar surface area (TPSA) is 52.4 Å². The van der Waals surface area contributed by atoms with E-state index in [1.807, 2.05) is 0 Å². The lowest BCUT2D eigenvalue weighted by Crippen LogP contribution is -2.54. The van der Waals surface area contributed by atoms with Crippen molar-refractivity contribution in [2.24, 2.45) is 0 Å². The number of nitro benzene ring substituents is 1. The summed E-state index contributed by atoms with van der Waals surface area (Å²) < 4.78 is 90.5. The normalized spacial score (nSPS) is 13.1. The van der Waals surface area contributed by atoms with Crippen LogP contribution in [0.1, 0.15) is 0 Å². The average Bonchev–Trinajstić information content (AvgIpc) is 2.35. The summed E-state index contributed by atoms with van der Waals surface area (Å²) in [6.07, 6.45) is -6.44. The van der Waals surface area contributed by atoms with E-state index in [0.717, 1.165) is 24.3 Å². The number of non-ortho nitro benzene ring substituents is 1. The molecule has 1 rings (SSSR count). The molecule has 0 saturated heterocycles. The first kappa shape index (κ1) is 17.0. The minimum atomic E-state index is -6.44. The predicted molar refractivity (Wildman–Crippen MR) is 54.5 cm³/mol. The van der Waals surface area contributed by atoms with E-state index in [1.54, 1.807) is 0 Å². The van der Waals surface area contributed by atoms with Crippen LogP contribution < -0.4 is 4.74 Å². The Morgan fingerprint density at radius 1 is 1.00 bits per heavy atom. The molecule has 0 aliphatic carbocycles. The predicted octanol–water partition coefficient (Wildman–Crippen LogP) is 3.81. The molecular formula is C10H6F7NO3. The van der Waals surface area contributed by atoms with Crippen LogP contribution in [0.4, 0.5) is 36.4 Å². The van der Waals surface area contributed by atoms with E-state index in [2.05, 4.69) is 4.74 Å². The van der Waals surface area contributed by atoms with Gasteiger partial charge >= 0.3 is 18.0 Å². The van der Waals surface area contributed by atoms with Gasteiger partial charge < -0.3 is 4.74 Å². The minimum Gasteiger partial charge on any atom is -0.487 e. The molecule has 0 aliphatic heterocycles. The van der Waals surface area contributed by atoms with E-state index < -0.39 is 41.0 Å². The molecule has 0 aromatic heterocycles. The quantitative estimate of drug-likeness (QED) is 0.471. The molecule has 0 N–H and O–H groups in total. The lowest BCUT2D eigenvalue weighted by atomic mass is 10.2. The Morgan fingerprint density at radius 3 is 1.86 bits per heavy atom. The van der Waals surface area contributed by atoms with Crippen molar-refractivity contribution in [3.63, 3.8) is 0 Å². The van der Waals surface area contributed by atoms with E-state index in [-0.39, 0.29) is 0 Å². The van der Waals surface area contributed by atoms with Gasteiger partial charge in [-0.3, -0.25) is 10.1 Å². The number of hydrogen-bond donors (Lipinski definition) is 0. The number of ether oxygens (including phenoxy) is 1. The first-order valence-electron chi connectivity index (χ1n) is 5.08. The Kier molecular flexibility index (Phi) is 4.34. The highest BCUT2D eigenvalue weighted by atomic mass is 19.4. The van der Waals surface area contributed by atoms with Gasteiger partial charge in [-0.25, -0.2) is 0 Å². The summed E-state index contributed by atoms with van der Waals surface area (Å²) in [5.41, 5.74) is -0.435. The fourth-order valence-corrected chi connectivity index (χ4v) is 1.14. The van der Waals surface area contributed by atoms with E-state index in [4.69, 9.17) is 0 Å². The first-order chi connectivity index (χ1) is 9.38. The molecule has 21 heavy (non-hydrogen) atoms. The maximum atomic E-state index is 12.9. The van der Waals surface area contributed by atoms with Gasteiger partial charge in [-0.2, -0.15) is 30.7 Å². The maximum Gasteiger partial charge on any atom is 0.460 e. The van der Waals surface area contributed by atoms with Crippen LogP contribution in [0, 0.1) is 10.1 Å². The molecule has 0 bridgehead atoms. The van der Waals surface area contributed by atoms with E-state index in [0.29, 0.717) is 0 Å². The molecular weight excluding hydrogens is 315 g/mol. The molecule has 118 valence electrons. The highest BCUT2D eigenvalue weighted by Crippen LogP contribution is 2.46. The standard InChI is InChI=1S/C10H6F7NO3/c11-8(12,9(13,14)10(15,16)17)5-21-7-3-1-6(2-4-7)18(19)20/h1-4H,5H2. The molecule has 0 fully saturated rings. The summed E-state index contributed by atoms with van der Waals surface area (Å²) >= 11 is 0. The highest BCUT2D eigenvalue weighted by Gasteiger charge is 2.73. The van der Waals surface area contributed by atoms with Crippen molar-refractivity contribution >= 4 is 5.69 Å². The van der Waals surface area contributed by atoms with E-state index >= 15 is 0 Å². The van der Waals surface area contributed by atoms with Crippen LogP contribution in [0.15, 0.2) is 24.3 Å². The maximum absolute atomic E-state index is 12.9. The van der Waals surface area contributed by atoms with Crippen LogP contribution in [-0.4, -0.2) is 29.6 Å². The average molecular weight is 321 g/mol. The van der Waals surface area contributed by atoms with E-state index in [1.165, 1.54) is 0 Å². The van der Waals surface area contributed by atoms with Crippen LogP contribution >= 0.6 is 0 Å². The van der Waals surface area contributed by atoms with Crippen LogP contribution in [0.5, 0.6) is 5.75 Å². The third kappa shape index (κ3) is 3.52. The van der Waals surface area contributed by atoms with Crippen LogP contribution in [0.25, 0.3) is 0 Å². The Morgan fingerprint density at radius 2 is 1.48 bits per heavy atom. The van der Waals surface area contributed by atoms with Gasteiger partial charge in [0, 0.05) is 12.1 Å². The zero-order valence-corrected chi connectivity index (χ0v) is 9.83. The molecule has 0 saturated carbocycles. The number of alkyl halides is 7. The van der Waals surface area contributed by atoms with Crippen molar-refractivity contribution in [1.82, 2.24) is 0 Å². The monoisotopic (exact) mass is 321 g/mol. The highest BCUT2D eigenvalue weighted by molar-refractivity contribution is 5.36.